The van der Waals surface area contributed by atoms with E-state index in [1.54, 1.807) is 49.3 Å². The van der Waals surface area contributed by atoms with Crippen LogP contribution in [0.3, 0.4) is 0 Å². The average molecular weight is 343 g/mol. The van der Waals surface area contributed by atoms with Gasteiger partial charge >= 0.3 is 0 Å². The van der Waals surface area contributed by atoms with Gasteiger partial charge in [-0.1, -0.05) is 30.3 Å². The van der Waals surface area contributed by atoms with E-state index in [1.165, 1.54) is 12.1 Å². The minimum absolute atomic E-state index is 0.185. The van der Waals surface area contributed by atoms with Crippen LogP contribution in [0.25, 0.3) is 0 Å². The van der Waals surface area contributed by atoms with Gasteiger partial charge in [0.05, 0.1) is 7.11 Å². The molecule has 0 aliphatic carbocycles. The minimum atomic E-state index is -0.698. The first-order valence-electron chi connectivity index (χ1n) is 7.99. The molecule has 0 heterocycles. The van der Waals surface area contributed by atoms with Crippen molar-refractivity contribution in [1.29, 1.82) is 0 Å². The van der Waals surface area contributed by atoms with Crippen LogP contribution >= 0.6 is 0 Å². The van der Waals surface area contributed by atoms with Crippen molar-refractivity contribution in [2.75, 3.05) is 13.7 Å². The highest BCUT2D eigenvalue weighted by Gasteiger charge is 2.22. The van der Waals surface area contributed by atoms with E-state index in [2.05, 4.69) is 6.58 Å². The molecule has 2 aromatic rings. The van der Waals surface area contributed by atoms with Crippen molar-refractivity contribution in [3.8, 4) is 11.5 Å². The van der Waals surface area contributed by atoms with E-state index in [4.69, 9.17) is 9.47 Å². The second-order valence-electron chi connectivity index (χ2n) is 5.54. The summed E-state index contributed by atoms with van der Waals surface area (Å²) in [5, 5.41) is 0. The first-order valence-corrected chi connectivity index (χ1v) is 7.99. The van der Waals surface area contributed by atoms with Crippen LogP contribution in [0.15, 0.2) is 61.2 Å². The van der Waals surface area contributed by atoms with Crippen molar-refractivity contribution in [2.45, 2.75) is 19.6 Å². The van der Waals surface area contributed by atoms with Crippen molar-refractivity contribution in [2.24, 2.45) is 0 Å². The number of nitrogens with zero attached hydrogens (tertiary/aromatic N) is 1. The van der Waals surface area contributed by atoms with E-state index in [1.807, 2.05) is 12.1 Å². The van der Waals surface area contributed by atoms with Crippen LogP contribution in [0.4, 0.5) is 4.39 Å². The summed E-state index contributed by atoms with van der Waals surface area (Å²) in [4.78, 5) is 14.4. The fourth-order valence-electron chi connectivity index (χ4n) is 2.41. The number of hydrogen-bond acceptors (Lipinski definition) is 3. The van der Waals surface area contributed by atoms with Crippen LogP contribution in [-0.2, 0) is 11.3 Å². The standard InChI is InChI=1S/C20H22FNO3/c1-4-13-22(14-16-9-11-17(21)12-10-16)20(23)15(2)25-19-8-6-5-7-18(19)24-3/h4-12,15H,1,13-14H2,2-3H3/t15-/m0/s1. The minimum Gasteiger partial charge on any atom is -0.493 e. The number of rotatable bonds is 8. The van der Waals surface area contributed by atoms with Gasteiger partial charge < -0.3 is 14.4 Å². The molecule has 0 fully saturated rings. The maximum absolute atomic E-state index is 13.0. The number of para-hydroxylation sites is 2. The Labute approximate surface area is 147 Å². The summed E-state index contributed by atoms with van der Waals surface area (Å²) in [6, 6.07) is 13.2. The molecule has 132 valence electrons. The Kier molecular flexibility index (Phi) is 6.57. The zero-order chi connectivity index (χ0) is 18.2. The van der Waals surface area contributed by atoms with Crippen LogP contribution in [0.1, 0.15) is 12.5 Å². The maximum atomic E-state index is 13.0. The number of carbonyl (C=O) groups is 1. The van der Waals surface area contributed by atoms with Gasteiger partial charge in [-0.3, -0.25) is 4.79 Å². The first-order chi connectivity index (χ1) is 12.0. The fraction of sp³-hybridized carbons (Fsp3) is 0.250. The molecule has 0 aliphatic heterocycles. The second kappa shape index (κ2) is 8.87. The predicted octanol–water partition coefficient (Wildman–Crippen LogP) is 3.82. The summed E-state index contributed by atoms with van der Waals surface area (Å²) in [5.41, 5.74) is 0.834. The maximum Gasteiger partial charge on any atom is 0.263 e. The topological polar surface area (TPSA) is 38.8 Å². The third kappa shape index (κ3) is 5.08. The molecule has 2 rings (SSSR count). The van der Waals surface area contributed by atoms with E-state index >= 15 is 0 Å². The SMILES string of the molecule is C=CCN(Cc1ccc(F)cc1)C(=O)[C@H](C)Oc1ccccc1OC. The monoisotopic (exact) mass is 343 g/mol. The summed E-state index contributed by atoms with van der Waals surface area (Å²) < 4.78 is 24.1. The molecule has 0 spiro atoms. The van der Waals surface area contributed by atoms with Gasteiger partial charge in [0.25, 0.3) is 5.91 Å². The van der Waals surface area contributed by atoms with Crippen LogP contribution < -0.4 is 9.47 Å². The molecule has 0 bridgehead atoms. The summed E-state index contributed by atoms with van der Waals surface area (Å²) in [5.74, 6) is 0.579. The number of halogens is 1. The van der Waals surface area contributed by atoms with Crippen molar-refractivity contribution in [1.82, 2.24) is 4.90 Å². The highest BCUT2D eigenvalue weighted by molar-refractivity contribution is 5.81. The van der Waals surface area contributed by atoms with Gasteiger partial charge in [-0.25, -0.2) is 4.39 Å². The summed E-state index contributed by atoms with van der Waals surface area (Å²) in [6.45, 7) is 6.11. The molecule has 0 radical (unpaired) electrons. The van der Waals surface area contributed by atoms with Gasteiger partial charge in [0.1, 0.15) is 5.82 Å². The molecule has 5 heteroatoms. The molecule has 0 N–H and O–H groups in total. The van der Waals surface area contributed by atoms with Gasteiger partial charge in [-0.2, -0.15) is 0 Å². The lowest BCUT2D eigenvalue weighted by atomic mass is 10.2. The number of amides is 1. The average Bonchev–Trinajstić information content (AvgIpc) is 2.63. The van der Waals surface area contributed by atoms with Gasteiger partial charge in [-0.05, 0) is 36.8 Å². The molecular weight excluding hydrogens is 321 g/mol. The van der Waals surface area contributed by atoms with Gasteiger partial charge in [0.2, 0.25) is 0 Å². The van der Waals surface area contributed by atoms with Crippen molar-refractivity contribution < 1.29 is 18.7 Å². The largest absolute Gasteiger partial charge is 0.493 e. The van der Waals surface area contributed by atoms with Crippen LogP contribution in [-0.4, -0.2) is 30.6 Å². The summed E-state index contributed by atoms with van der Waals surface area (Å²) in [6.07, 6.45) is 0.953. The molecule has 25 heavy (non-hydrogen) atoms. The number of benzene rings is 2. The Morgan fingerprint density at radius 2 is 1.84 bits per heavy atom. The molecule has 0 saturated heterocycles. The first kappa shape index (κ1) is 18.5. The van der Waals surface area contributed by atoms with Crippen LogP contribution in [0, 0.1) is 5.82 Å². The fourth-order valence-corrected chi connectivity index (χ4v) is 2.41. The third-order valence-corrected chi connectivity index (χ3v) is 3.67. The van der Waals surface area contributed by atoms with Crippen LogP contribution in [0.5, 0.6) is 11.5 Å². The summed E-state index contributed by atoms with van der Waals surface area (Å²) in [7, 11) is 1.55. The van der Waals surface area contributed by atoms with E-state index in [-0.39, 0.29) is 11.7 Å². The number of methoxy groups -OCH3 is 1. The van der Waals surface area contributed by atoms with E-state index in [0.29, 0.717) is 24.6 Å². The van der Waals surface area contributed by atoms with Crippen molar-refractivity contribution in [3.05, 3.63) is 72.6 Å². The van der Waals surface area contributed by atoms with Gasteiger partial charge in [0, 0.05) is 13.1 Å². The highest BCUT2D eigenvalue weighted by Crippen LogP contribution is 2.27. The third-order valence-electron chi connectivity index (χ3n) is 3.67. The Morgan fingerprint density at radius 1 is 1.20 bits per heavy atom. The van der Waals surface area contributed by atoms with Gasteiger partial charge in [-0.15, -0.1) is 6.58 Å². The second-order valence-corrected chi connectivity index (χ2v) is 5.54. The molecule has 0 unspecified atom stereocenters. The summed E-state index contributed by atoms with van der Waals surface area (Å²) >= 11 is 0. The highest BCUT2D eigenvalue weighted by atomic mass is 19.1. The lowest BCUT2D eigenvalue weighted by Gasteiger charge is -2.25. The van der Waals surface area contributed by atoms with E-state index < -0.39 is 6.10 Å². The van der Waals surface area contributed by atoms with Crippen molar-refractivity contribution >= 4 is 5.91 Å². The number of carbonyl (C=O) groups excluding carboxylic acids is 1. The molecule has 0 aromatic heterocycles. The molecular formula is C20H22FNO3. The molecule has 2 aromatic carbocycles. The molecule has 1 amide bonds. The van der Waals surface area contributed by atoms with E-state index in [0.717, 1.165) is 5.56 Å². The number of hydrogen-bond donors (Lipinski definition) is 0. The predicted molar refractivity (Wildman–Crippen MR) is 95.1 cm³/mol. The van der Waals surface area contributed by atoms with Crippen molar-refractivity contribution in [3.63, 3.8) is 0 Å². The van der Waals surface area contributed by atoms with E-state index in [9.17, 15) is 9.18 Å². The Bertz CT molecular complexity index is 715. The smallest absolute Gasteiger partial charge is 0.263 e. The van der Waals surface area contributed by atoms with Crippen LogP contribution in [0.2, 0.25) is 0 Å². The molecule has 4 nitrogen and oxygen atoms in total. The molecule has 0 saturated carbocycles. The normalized spacial score (nSPS) is 11.5. The Hall–Kier alpha value is -2.82. The zero-order valence-electron chi connectivity index (χ0n) is 14.4. The lowest BCUT2D eigenvalue weighted by Crippen LogP contribution is -2.40. The molecule has 0 aliphatic rings. The zero-order valence-corrected chi connectivity index (χ0v) is 14.4. The Morgan fingerprint density at radius 3 is 2.44 bits per heavy atom. The molecule has 1 atom stereocenters. The number of ether oxygens (including phenoxy) is 2. The van der Waals surface area contributed by atoms with Gasteiger partial charge in [0.15, 0.2) is 17.6 Å². The Balaban J connectivity index is 2.10. The quantitative estimate of drug-likeness (QED) is 0.684. The lowest BCUT2D eigenvalue weighted by molar-refractivity contribution is -0.138.